The second-order valence-electron chi connectivity index (χ2n) is 8.22. The first-order valence-electron chi connectivity index (χ1n) is 10.3. The molecule has 0 bridgehead atoms. The Morgan fingerprint density at radius 2 is 1.62 bits per heavy atom. The van der Waals surface area contributed by atoms with E-state index in [-0.39, 0.29) is 25.5 Å². The van der Waals surface area contributed by atoms with E-state index < -0.39 is 0 Å². The van der Waals surface area contributed by atoms with Gasteiger partial charge in [0.1, 0.15) is 0 Å². The van der Waals surface area contributed by atoms with Crippen LogP contribution in [0.2, 0.25) is 0 Å². The van der Waals surface area contributed by atoms with E-state index in [1.54, 1.807) is 17.5 Å². The summed E-state index contributed by atoms with van der Waals surface area (Å²) in [6, 6.07) is 30.8. The van der Waals surface area contributed by atoms with E-state index in [1.807, 2.05) is 54.7 Å². The first-order valence-corrected chi connectivity index (χ1v) is 11.1. The Morgan fingerprint density at radius 1 is 0.781 bits per heavy atom. The Balaban J connectivity index is 0.000000175. The van der Waals surface area contributed by atoms with Crippen LogP contribution in [-0.2, 0) is 25.5 Å². The molecule has 0 amide bonds. The maximum absolute atomic E-state index is 4.42. The van der Waals surface area contributed by atoms with Crippen molar-refractivity contribution >= 4 is 21.4 Å². The van der Waals surface area contributed by atoms with E-state index in [2.05, 4.69) is 72.5 Å². The first-order chi connectivity index (χ1) is 15.0. The van der Waals surface area contributed by atoms with Crippen LogP contribution in [0.3, 0.4) is 0 Å². The fraction of sp³-hybridized carbons (Fsp3) is 0.143. The number of fused-ring (bicyclic) bond motifs is 1. The van der Waals surface area contributed by atoms with Gasteiger partial charge in [0.15, 0.2) is 0 Å². The number of thiophene rings is 1. The largest absolute Gasteiger partial charge is 0.305 e. The number of benzene rings is 2. The fourth-order valence-electron chi connectivity index (χ4n) is 3.22. The quantitative estimate of drug-likeness (QED) is 0.192. The van der Waals surface area contributed by atoms with Crippen molar-refractivity contribution in [3.8, 4) is 22.5 Å². The van der Waals surface area contributed by atoms with Crippen LogP contribution in [0.5, 0.6) is 0 Å². The summed E-state index contributed by atoms with van der Waals surface area (Å²) in [4.78, 5) is 8.73. The van der Waals surface area contributed by atoms with Crippen LogP contribution >= 0.6 is 11.3 Å². The zero-order valence-electron chi connectivity index (χ0n) is 18.3. The Kier molecular flexibility index (Phi) is 8.09. The molecule has 3 heterocycles. The summed E-state index contributed by atoms with van der Waals surface area (Å²) in [6.45, 7) is 6.61. The molecule has 2 aromatic carbocycles. The third-order valence-electron chi connectivity index (χ3n) is 4.96. The molecule has 163 valence electrons. The van der Waals surface area contributed by atoms with Gasteiger partial charge in [-0.3, -0.25) is 0 Å². The van der Waals surface area contributed by atoms with E-state index in [4.69, 9.17) is 0 Å². The number of hydrogen-bond acceptors (Lipinski definition) is 3. The van der Waals surface area contributed by atoms with E-state index in [1.165, 1.54) is 15.6 Å². The van der Waals surface area contributed by atoms with Gasteiger partial charge in [0.25, 0.3) is 0 Å². The van der Waals surface area contributed by atoms with E-state index in [0.29, 0.717) is 0 Å². The fourth-order valence-corrected chi connectivity index (χ4v) is 4.00. The monoisotopic (exact) mass is 613 g/mol. The molecule has 0 spiro atoms. The normalized spacial score (nSPS) is 10.7. The number of hydrogen-bond donors (Lipinski definition) is 0. The van der Waals surface area contributed by atoms with Gasteiger partial charge in [0.2, 0.25) is 0 Å². The van der Waals surface area contributed by atoms with E-state index in [0.717, 1.165) is 22.5 Å². The number of nitrogens with zero attached hydrogens (tertiary/aromatic N) is 2. The van der Waals surface area contributed by atoms with Crippen molar-refractivity contribution in [2.45, 2.75) is 26.2 Å². The average molecular weight is 613 g/mol. The predicted molar refractivity (Wildman–Crippen MR) is 131 cm³/mol. The third kappa shape index (κ3) is 5.77. The molecule has 0 atom stereocenters. The molecule has 5 aromatic rings. The number of rotatable bonds is 2. The van der Waals surface area contributed by atoms with Gasteiger partial charge in [-0.05, 0) is 39.7 Å². The van der Waals surface area contributed by atoms with Crippen molar-refractivity contribution < 1.29 is 20.1 Å². The average Bonchev–Trinajstić information content (AvgIpc) is 3.29. The summed E-state index contributed by atoms with van der Waals surface area (Å²) >= 11 is 1.74. The van der Waals surface area contributed by atoms with Gasteiger partial charge < -0.3 is 9.97 Å². The molecule has 0 N–H and O–H groups in total. The molecule has 0 saturated carbocycles. The Bertz CT molecular complexity index is 1240. The van der Waals surface area contributed by atoms with Gasteiger partial charge in [0.05, 0.1) is 0 Å². The summed E-state index contributed by atoms with van der Waals surface area (Å²) < 4.78 is 1.28. The summed E-state index contributed by atoms with van der Waals surface area (Å²) in [5.41, 5.74) is 5.58. The second kappa shape index (κ2) is 10.8. The smallest absolute Gasteiger partial charge is 0.0286 e. The van der Waals surface area contributed by atoms with Crippen molar-refractivity contribution in [3.63, 3.8) is 0 Å². The molecule has 0 aliphatic heterocycles. The van der Waals surface area contributed by atoms with Crippen LogP contribution in [0.25, 0.3) is 32.6 Å². The predicted octanol–water partition coefficient (Wildman–Crippen LogP) is 7.61. The van der Waals surface area contributed by atoms with Gasteiger partial charge in [-0.15, -0.1) is 82.6 Å². The molecule has 2 nitrogen and oxygen atoms in total. The van der Waals surface area contributed by atoms with Crippen LogP contribution in [0.1, 0.15) is 26.3 Å². The SMILES string of the molecule is CC(C)(C)c1c[c-]c(-c2ccccn2)cc1.[Ir].[c-]1ccccc1-c1nccc2sccc12. The molecule has 0 unspecified atom stereocenters. The van der Waals surface area contributed by atoms with Crippen molar-refractivity contribution in [1.82, 2.24) is 9.97 Å². The van der Waals surface area contributed by atoms with Crippen molar-refractivity contribution in [2.75, 3.05) is 0 Å². The summed E-state index contributed by atoms with van der Waals surface area (Å²) in [5, 5.41) is 3.31. The Labute approximate surface area is 207 Å². The van der Waals surface area contributed by atoms with Gasteiger partial charge in [-0.1, -0.05) is 39.0 Å². The summed E-state index contributed by atoms with van der Waals surface area (Å²) in [5.74, 6) is 0. The van der Waals surface area contributed by atoms with Crippen LogP contribution in [-0.4, -0.2) is 9.97 Å². The minimum Gasteiger partial charge on any atom is -0.305 e. The molecule has 0 fully saturated rings. The number of aromatic nitrogens is 2. The van der Waals surface area contributed by atoms with Gasteiger partial charge in [-0.2, -0.15) is 0 Å². The second-order valence-corrected chi connectivity index (χ2v) is 9.17. The van der Waals surface area contributed by atoms with Crippen molar-refractivity contribution in [3.05, 3.63) is 108 Å². The molecule has 32 heavy (non-hydrogen) atoms. The minimum absolute atomic E-state index is 0. The zero-order chi connectivity index (χ0) is 21.7. The zero-order valence-corrected chi connectivity index (χ0v) is 21.5. The van der Waals surface area contributed by atoms with E-state index >= 15 is 0 Å². The third-order valence-corrected chi connectivity index (χ3v) is 5.85. The molecule has 0 aliphatic rings. The molecule has 1 radical (unpaired) electrons. The molecule has 4 heteroatoms. The first kappa shape index (κ1) is 24.0. The van der Waals surface area contributed by atoms with Crippen LogP contribution in [0.15, 0.2) is 90.6 Å². The summed E-state index contributed by atoms with van der Waals surface area (Å²) in [7, 11) is 0. The standard InChI is InChI=1S/C15H16N.C13H8NS.Ir/c1-15(2,3)13-9-7-12(8-10-13)14-6-4-5-11-16-14;1-2-4-10(5-3-1)13-11-7-9-15-12(11)6-8-14-13;/h4-7,9-11H,1-3H3;1-4,6-9H;/q2*-1;. The van der Waals surface area contributed by atoms with Crippen LogP contribution in [0.4, 0.5) is 0 Å². The molecule has 3 aromatic heterocycles. The molecule has 0 saturated heterocycles. The van der Waals surface area contributed by atoms with Gasteiger partial charge in [0, 0.05) is 37.2 Å². The van der Waals surface area contributed by atoms with Gasteiger partial charge >= 0.3 is 0 Å². The topological polar surface area (TPSA) is 25.8 Å². The minimum atomic E-state index is 0. The molecular weight excluding hydrogens is 589 g/mol. The molecule has 5 rings (SSSR count). The van der Waals surface area contributed by atoms with Crippen molar-refractivity contribution in [1.29, 1.82) is 0 Å². The van der Waals surface area contributed by atoms with Crippen LogP contribution < -0.4 is 0 Å². The Morgan fingerprint density at radius 3 is 2.28 bits per heavy atom. The molecule has 0 aliphatic carbocycles. The molecular formula is C28H24IrN2S-2. The maximum Gasteiger partial charge on any atom is 0.0286 e. The van der Waals surface area contributed by atoms with E-state index in [9.17, 15) is 0 Å². The Hall–Kier alpha value is -2.65. The summed E-state index contributed by atoms with van der Waals surface area (Å²) in [6.07, 6.45) is 3.66. The van der Waals surface area contributed by atoms with Crippen LogP contribution in [0, 0.1) is 12.1 Å². The van der Waals surface area contributed by atoms with Gasteiger partial charge in [-0.25, -0.2) is 0 Å². The maximum atomic E-state index is 4.42. The number of pyridine rings is 2. The van der Waals surface area contributed by atoms with Crippen molar-refractivity contribution in [2.24, 2.45) is 0 Å².